The van der Waals surface area contributed by atoms with E-state index in [9.17, 15) is 12.8 Å². The monoisotopic (exact) mass is 420 g/mol. The molecule has 0 aliphatic carbocycles. The van der Waals surface area contributed by atoms with Gasteiger partial charge in [-0.2, -0.15) is 9.41 Å². The Morgan fingerprint density at radius 3 is 2.71 bits per heavy atom. The van der Waals surface area contributed by atoms with Crippen LogP contribution in [0.2, 0.25) is 0 Å². The van der Waals surface area contributed by atoms with Gasteiger partial charge in [-0.15, -0.1) is 11.8 Å². The summed E-state index contributed by atoms with van der Waals surface area (Å²) in [6.07, 6.45) is 4.93. The molecule has 0 spiro atoms. The number of fused-ring (bicyclic) bond motifs is 1. The second-order valence-corrected chi connectivity index (χ2v) is 9.83. The van der Waals surface area contributed by atoms with Crippen LogP contribution >= 0.6 is 11.8 Å². The summed E-state index contributed by atoms with van der Waals surface area (Å²) in [6.45, 7) is 1.12. The Hall–Kier alpha value is -1.97. The summed E-state index contributed by atoms with van der Waals surface area (Å²) in [4.78, 5) is 5.39. The van der Waals surface area contributed by atoms with E-state index in [-0.39, 0.29) is 10.7 Å². The van der Waals surface area contributed by atoms with Crippen molar-refractivity contribution in [2.24, 2.45) is 5.10 Å². The molecular formula is C19H21FN4O2S2. The number of rotatable bonds is 4. The zero-order valence-corrected chi connectivity index (χ0v) is 16.9. The third-order valence-electron chi connectivity index (χ3n) is 4.84. The van der Waals surface area contributed by atoms with Gasteiger partial charge in [0.25, 0.3) is 0 Å². The maximum Gasteiger partial charge on any atom is 0.244 e. The van der Waals surface area contributed by atoms with Crippen LogP contribution in [0.5, 0.6) is 0 Å². The number of hydrogen-bond donors (Lipinski definition) is 1. The minimum absolute atomic E-state index is 0.189. The quantitative estimate of drug-likeness (QED) is 0.764. The van der Waals surface area contributed by atoms with E-state index >= 15 is 0 Å². The average Bonchev–Trinajstić information content (AvgIpc) is 2.73. The molecule has 148 valence electrons. The molecule has 2 aromatic rings. The molecule has 1 fully saturated rings. The summed E-state index contributed by atoms with van der Waals surface area (Å²) in [5.74, 6) is 1.03. The Bertz CT molecular complexity index is 987. The van der Waals surface area contributed by atoms with Crippen molar-refractivity contribution in [1.82, 2.24) is 9.29 Å². The van der Waals surface area contributed by atoms with Gasteiger partial charge in [-0.25, -0.2) is 17.8 Å². The molecule has 1 N–H and O–H groups in total. The molecule has 0 radical (unpaired) electrons. The number of benzene rings is 1. The molecule has 28 heavy (non-hydrogen) atoms. The standard InChI is InChI=1S/C19H21FN4O2S2/c20-14-4-6-18-16(12-14)17(8-11-27-18)22-23-19-7-5-15(13-21-19)28(25,26)24-9-2-1-3-10-24/h4-7,12-13H,1-3,8-11H2,(H,21,23). The molecule has 1 saturated heterocycles. The average molecular weight is 421 g/mol. The van der Waals surface area contributed by atoms with Crippen molar-refractivity contribution in [3.05, 3.63) is 47.9 Å². The lowest BCUT2D eigenvalue weighted by molar-refractivity contribution is 0.346. The van der Waals surface area contributed by atoms with Crippen LogP contribution in [0.1, 0.15) is 31.2 Å². The predicted molar refractivity (Wildman–Crippen MR) is 109 cm³/mol. The van der Waals surface area contributed by atoms with Crippen molar-refractivity contribution in [3.63, 3.8) is 0 Å². The molecule has 1 aromatic heterocycles. The molecule has 0 bridgehead atoms. The van der Waals surface area contributed by atoms with E-state index < -0.39 is 10.0 Å². The van der Waals surface area contributed by atoms with Gasteiger partial charge >= 0.3 is 0 Å². The third kappa shape index (κ3) is 4.06. The number of halogens is 1. The van der Waals surface area contributed by atoms with Gasteiger partial charge in [-0.05, 0) is 43.2 Å². The number of anilines is 1. The smallest absolute Gasteiger partial charge is 0.244 e. The van der Waals surface area contributed by atoms with Gasteiger partial charge in [-0.1, -0.05) is 6.42 Å². The summed E-state index contributed by atoms with van der Waals surface area (Å²) < 4.78 is 40.4. The van der Waals surface area contributed by atoms with Crippen molar-refractivity contribution in [1.29, 1.82) is 0 Å². The minimum atomic E-state index is -3.50. The highest BCUT2D eigenvalue weighted by Gasteiger charge is 2.26. The lowest BCUT2D eigenvalue weighted by Crippen LogP contribution is -2.35. The van der Waals surface area contributed by atoms with Crippen LogP contribution in [-0.4, -0.2) is 42.3 Å². The van der Waals surface area contributed by atoms with E-state index in [4.69, 9.17) is 0 Å². The fourth-order valence-corrected chi connectivity index (χ4v) is 5.81. The highest BCUT2D eigenvalue weighted by Crippen LogP contribution is 2.31. The zero-order chi connectivity index (χ0) is 19.6. The number of nitrogens with zero attached hydrogens (tertiary/aromatic N) is 3. The summed E-state index contributed by atoms with van der Waals surface area (Å²) in [7, 11) is -3.50. The van der Waals surface area contributed by atoms with Gasteiger partial charge in [0.2, 0.25) is 10.0 Å². The molecule has 6 nitrogen and oxygen atoms in total. The van der Waals surface area contributed by atoms with Crippen LogP contribution in [0.15, 0.2) is 51.4 Å². The van der Waals surface area contributed by atoms with Crippen LogP contribution in [0.25, 0.3) is 0 Å². The lowest BCUT2D eigenvalue weighted by Gasteiger charge is -2.25. The van der Waals surface area contributed by atoms with Crippen LogP contribution < -0.4 is 5.43 Å². The number of aromatic nitrogens is 1. The first-order valence-corrected chi connectivity index (χ1v) is 11.7. The molecule has 4 rings (SSSR count). The number of hydrazone groups is 1. The predicted octanol–water partition coefficient (Wildman–Crippen LogP) is 3.71. The first-order chi connectivity index (χ1) is 13.5. The molecule has 3 heterocycles. The Morgan fingerprint density at radius 1 is 1.14 bits per heavy atom. The van der Waals surface area contributed by atoms with E-state index in [0.717, 1.165) is 47.6 Å². The second-order valence-electron chi connectivity index (χ2n) is 6.75. The molecule has 9 heteroatoms. The minimum Gasteiger partial charge on any atom is -0.261 e. The molecular weight excluding hydrogens is 399 g/mol. The maximum absolute atomic E-state index is 13.6. The van der Waals surface area contributed by atoms with Crippen molar-refractivity contribution < 1.29 is 12.8 Å². The molecule has 1 aromatic carbocycles. The summed E-state index contributed by atoms with van der Waals surface area (Å²) >= 11 is 1.68. The van der Waals surface area contributed by atoms with Gasteiger partial charge in [0.15, 0.2) is 0 Å². The van der Waals surface area contributed by atoms with E-state index in [1.54, 1.807) is 30.0 Å². The number of piperidine rings is 1. The topological polar surface area (TPSA) is 74.7 Å². The zero-order valence-electron chi connectivity index (χ0n) is 15.3. The third-order valence-corrected chi connectivity index (χ3v) is 7.80. The SMILES string of the molecule is O=S(=O)(c1ccc(NN=C2CCSc3ccc(F)cc32)nc1)N1CCCCC1. The highest BCUT2D eigenvalue weighted by molar-refractivity contribution is 7.99. The fourth-order valence-electron chi connectivity index (χ4n) is 3.34. The van der Waals surface area contributed by atoms with E-state index in [0.29, 0.717) is 18.9 Å². The number of sulfonamides is 1. The van der Waals surface area contributed by atoms with E-state index in [1.165, 1.54) is 22.6 Å². The first kappa shape index (κ1) is 19.4. The molecule has 0 amide bonds. The Balaban J connectivity index is 1.50. The summed E-state index contributed by atoms with van der Waals surface area (Å²) in [5.41, 5.74) is 4.42. The largest absolute Gasteiger partial charge is 0.261 e. The van der Waals surface area contributed by atoms with Crippen molar-refractivity contribution in [2.75, 3.05) is 24.3 Å². The first-order valence-electron chi connectivity index (χ1n) is 9.25. The lowest BCUT2D eigenvalue weighted by atomic mass is 10.1. The molecule has 0 atom stereocenters. The Kier molecular flexibility index (Phi) is 5.65. The van der Waals surface area contributed by atoms with Crippen molar-refractivity contribution >= 4 is 33.3 Å². The second kappa shape index (κ2) is 8.18. The van der Waals surface area contributed by atoms with Crippen LogP contribution in [0.3, 0.4) is 0 Å². The Morgan fingerprint density at radius 2 is 1.96 bits per heavy atom. The van der Waals surface area contributed by atoms with Gasteiger partial charge in [-0.3, -0.25) is 5.43 Å². The van der Waals surface area contributed by atoms with Crippen molar-refractivity contribution in [2.45, 2.75) is 35.5 Å². The van der Waals surface area contributed by atoms with E-state index in [2.05, 4.69) is 15.5 Å². The number of hydrogen-bond acceptors (Lipinski definition) is 6. The maximum atomic E-state index is 13.6. The molecule has 2 aliphatic rings. The molecule has 2 aliphatic heterocycles. The van der Waals surface area contributed by atoms with Gasteiger partial charge in [0.05, 0.1) is 5.71 Å². The van der Waals surface area contributed by atoms with Crippen LogP contribution in [0, 0.1) is 5.82 Å². The van der Waals surface area contributed by atoms with Crippen molar-refractivity contribution in [3.8, 4) is 0 Å². The Labute approximate surface area is 168 Å². The summed E-state index contributed by atoms with van der Waals surface area (Å²) in [5, 5.41) is 4.38. The molecule has 0 unspecified atom stereocenters. The molecule has 0 saturated carbocycles. The number of pyridine rings is 1. The van der Waals surface area contributed by atoms with Crippen LogP contribution in [-0.2, 0) is 10.0 Å². The van der Waals surface area contributed by atoms with Gasteiger partial charge in [0, 0.05) is 41.9 Å². The summed E-state index contributed by atoms with van der Waals surface area (Å²) in [6, 6.07) is 7.85. The fraction of sp³-hybridized carbons (Fsp3) is 0.368. The van der Waals surface area contributed by atoms with Crippen LogP contribution in [0.4, 0.5) is 10.2 Å². The van der Waals surface area contributed by atoms with Gasteiger partial charge < -0.3 is 0 Å². The number of nitrogens with one attached hydrogen (secondary N) is 1. The van der Waals surface area contributed by atoms with E-state index in [1.807, 2.05) is 0 Å². The van der Waals surface area contributed by atoms with Gasteiger partial charge in [0.1, 0.15) is 16.5 Å². The highest BCUT2D eigenvalue weighted by atomic mass is 32.2. The normalized spacial score (nSPS) is 19.4. The number of thioether (sulfide) groups is 1.